The number of imide groups is 1. The van der Waals surface area contributed by atoms with Crippen molar-refractivity contribution in [1.29, 1.82) is 0 Å². The summed E-state index contributed by atoms with van der Waals surface area (Å²) in [5.41, 5.74) is 0.828. The maximum Gasteiger partial charge on any atom is 0.251 e. The molecular formula is C12H10BrN3O2. The first-order valence-electron chi connectivity index (χ1n) is 5.62. The van der Waals surface area contributed by atoms with Crippen molar-refractivity contribution < 1.29 is 9.59 Å². The number of piperidine rings is 1. The van der Waals surface area contributed by atoms with Gasteiger partial charge in [-0.05, 0) is 18.6 Å². The van der Waals surface area contributed by atoms with E-state index < -0.39 is 6.04 Å². The summed E-state index contributed by atoms with van der Waals surface area (Å²) in [6.07, 6.45) is 2.68. The van der Waals surface area contributed by atoms with Gasteiger partial charge < -0.3 is 0 Å². The van der Waals surface area contributed by atoms with Crippen molar-refractivity contribution in [3.05, 3.63) is 28.9 Å². The Morgan fingerprint density at radius 1 is 1.39 bits per heavy atom. The second-order valence-corrected chi connectivity index (χ2v) is 5.10. The number of fused-ring (bicyclic) bond motifs is 1. The molecule has 0 spiro atoms. The monoisotopic (exact) mass is 307 g/mol. The number of aromatic nitrogens is 2. The molecule has 1 aliphatic heterocycles. The molecule has 1 aromatic carbocycles. The molecule has 6 heteroatoms. The largest absolute Gasteiger partial charge is 0.295 e. The second-order valence-electron chi connectivity index (χ2n) is 4.25. The zero-order valence-corrected chi connectivity index (χ0v) is 11.0. The summed E-state index contributed by atoms with van der Waals surface area (Å²) < 4.78 is 2.58. The fraction of sp³-hybridized carbons (Fsp3) is 0.250. The fourth-order valence-corrected chi connectivity index (χ4v) is 2.58. The van der Waals surface area contributed by atoms with Crippen molar-refractivity contribution >= 4 is 38.6 Å². The minimum absolute atomic E-state index is 0.214. The molecule has 0 saturated carbocycles. The molecule has 1 fully saturated rings. The lowest BCUT2D eigenvalue weighted by atomic mass is 10.1. The van der Waals surface area contributed by atoms with Crippen molar-refractivity contribution in [2.75, 3.05) is 0 Å². The quantitative estimate of drug-likeness (QED) is 0.817. The van der Waals surface area contributed by atoms with E-state index >= 15 is 0 Å². The Bertz CT molecular complexity index is 650. The summed E-state index contributed by atoms with van der Waals surface area (Å²) in [5, 5.41) is 7.68. The molecule has 92 valence electrons. The van der Waals surface area contributed by atoms with Gasteiger partial charge in [-0.2, -0.15) is 5.10 Å². The molecule has 18 heavy (non-hydrogen) atoms. The van der Waals surface area contributed by atoms with Gasteiger partial charge in [0.25, 0.3) is 5.91 Å². The lowest BCUT2D eigenvalue weighted by Crippen LogP contribution is -2.41. The first-order chi connectivity index (χ1) is 8.65. The van der Waals surface area contributed by atoms with Crippen LogP contribution in [0.1, 0.15) is 18.9 Å². The Balaban J connectivity index is 2.02. The molecule has 1 atom stereocenters. The highest BCUT2D eigenvalue weighted by Crippen LogP contribution is 2.26. The first kappa shape index (κ1) is 11.4. The van der Waals surface area contributed by atoms with E-state index in [1.165, 1.54) is 0 Å². The third kappa shape index (κ3) is 1.82. The van der Waals surface area contributed by atoms with Crippen LogP contribution in [0.5, 0.6) is 0 Å². The van der Waals surface area contributed by atoms with Crippen molar-refractivity contribution in [3.63, 3.8) is 0 Å². The zero-order chi connectivity index (χ0) is 12.7. The molecule has 1 unspecified atom stereocenters. The number of amides is 2. The van der Waals surface area contributed by atoms with Gasteiger partial charge in [0.1, 0.15) is 6.04 Å². The minimum atomic E-state index is -0.401. The van der Waals surface area contributed by atoms with Gasteiger partial charge in [-0.25, -0.2) is 0 Å². The van der Waals surface area contributed by atoms with Crippen molar-refractivity contribution in [1.82, 2.24) is 15.1 Å². The van der Waals surface area contributed by atoms with Gasteiger partial charge in [0.15, 0.2) is 0 Å². The molecule has 2 heterocycles. The Labute approximate surface area is 111 Å². The second kappa shape index (κ2) is 4.20. The average molecular weight is 308 g/mol. The molecule has 1 N–H and O–H groups in total. The summed E-state index contributed by atoms with van der Waals surface area (Å²) in [6.45, 7) is 0. The number of hydrogen-bond donors (Lipinski definition) is 1. The zero-order valence-electron chi connectivity index (χ0n) is 9.39. The number of nitrogens with one attached hydrogen (secondary N) is 1. The lowest BCUT2D eigenvalue weighted by Gasteiger charge is -2.20. The van der Waals surface area contributed by atoms with Gasteiger partial charge in [-0.1, -0.05) is 22.0 Å². The van der Waals surface area contributed by atoms with Crippen LogP contribution in [0.4, 0.5) is 0 Å². The van der Waals surface area contributed by atoms with Crippen LogP contribution in [0.2, 0.25) is 0 Å². The number of nitrogens with zero attached hydrogens (tertiary/aromatic N) is 2. The van der Waals surface area contributed by atoms with E-state index in [-0.39, 0.29) is 11.8 Å². The van der Waals surface area contributed by atoms with E-state index in [0.29, 0.717) is 12.8 Å². The third-order valence-corrected chi connectivity index (χ3v) is 3.74. The minimum Gasteiger partial charge on any atom is -0.295 e. The van der Waals surface area contributed by atoms with Crippen LogP contribution >= 0.6 is 15.9 Å². The smallest absolute Gasteiger partial charge is 0.251 e. The normalized spacial score (nSPS) is 20.2. The molecule has 0 bridgehead atoms. The SMILES string of the molecule is O=C1CCC(n2cc3c(Br)cccc3n2)C(=O)N1. The molecule has 2 aromatic rings. The van der Waals surface area contributed by atoms with Crippen LogP contribution in [0.15, 0.2) is 28.9 Å². The first-order valence-corrected chi connectivity index (χ1v) is 6.41. The number of carbonyl (C=O) groups excluding carboxylic acids is 2. The van der Waals surface area contributed by atoms with Crippen LogP contribution < -0.4 is 5.32 Å². The summed E-state index contributed by atoms with van der Waals surface area (Å²) in [5.74, 6) is -0.496. The van der Waals surface area contributed by atoms with Gasteiger partial charge in [0.05, 0.1) is 5.52 Å². The van der Waals surface area contributed by atoms with Crippen LogP contribution in [-0.2, 0) is 9.59 Å². The predicted octanol–water partition coefficient (Wildman–Crippen LogP) is 1.78. The maximum absolute atomic E-state index is 11.8. The number of rotatable bonds is 1. The standard InChI is InChI=1S/C12H10BrN3O2/c13-8-2-1-3-9-7(8)6-16(15-9)10-4-5-11(17)14-12(10)18/h1-3,6,10H,4-5H2,(H,14,17,18). The van der Waals surface area contributed by atoms with Crippen molar-refractivity contribution in [2.45, 2.75) is 18.9 Å². The number of benzene rings is 1. The molecule has 1 saturated heterocycles. The van der Waals surface area contributed by atoms with E-state index in [1.54, 1.807) is 4.68 Å². The number of hydrogen-bond acceptors (Lipinski definition) is 3. The highest BCUT2D eigenvalue weighted by molar-refractivity contribution is 9.10. The lowest BCUT2D eigenvalue weighted by molar-refractivity contribution is -0.135. The maximum atomic E-state index is 11.8. The van der Waals surface area contributed by atoms with Crippen LogP contribution in [0, 0.1) is 0 Å². The molecule has 3 rings (SSSR count). The number of halogens is 1. The van der Waals surface area contributed by atoms with E-state index in [2.05, 4.69) is 26.3 Å². The third-order valence-electron chi connectivity index (χ3n) is 3.04. The van der Waals surface area contributed by atoms with Crippen LogP contribution in [0.3, 0.4) is 0 Å². The Hall–Kier alpha value is -1.69. The molecule has 0 aliphatic carbocycles. The molecular weight excluding hydrogens is 298 g/mol. The topological polar surface area (TPSA) is 64.0 Å². The van der Waals surface area contributed by atoms with Gasteiger partial charge in [0.2, 0.25) is 5.91 Å². The van der Waals surface area contributed by atoms with Gasteiger partial charge in [-0.3, -0.25) is 19.6 Å². The predicted molar refractivity (Wildman–Crippen MR) is 68.9 cm³/mol. The number of carbonyl (C=O) groups is 2. The van der Waals surface area contributed by atoms with Crippen molar-refractivity contribution in [3.8, 4) is 0 Å². The molecule has 0 radical (unpaired) electrons. The fourth-order valence-electron chi connectivity index (χ4n) is 2.12. The van der Waals surface area contributed by atoms with Crippen LogP contribution in [-0.4, -0.2) is 21.6 Å². The van der Waals surface area contributed by atoms with E-state index in [9.17, 15) is 9.59 Å². The van der Waals surface area contributed by atoms with Gasteiger partial charge in [0, 0.05) is 22.5 Å². The summed E-state index contributed by atoms with van der Waals surface area (Å²) in [4.78, 5) is 22.9. The Morgan fingerprint density at radius 2 is 2.22 bits per heavy atom. The molecule has 1 aromatic heterocycles. The van der Waals surface area contributed by atoms with Crippen molar-refractivity contribution in [2.24, 2.45) is 0 Å². The summed E-state index contributed by atoms with van der Waals surface area (Å²) in [6, 6.07) is 5.32. The Kier molecular flexibility index (Phi) is 2.66. The molecule has 2 amide bonds. The van der Waals surface area contributed by atoms with Crippen LogP contribution in [0.25, 0.3) is 10.9 Å². The average Bonchev–Trinajstić information content (AvgIpc) is 2.74. The van der Waals surface area contributed by atoms with Gasteiger partial charge in [-0.15, -0.1) is 0 Å². The van der Waals surface area contributed by atoms with E-state index in [1.807, 2.05) is 24.4 Å². The molecule has 1 aliphatic rings. The summed E-state index contributed by atoms with van der Waals surface area (Å²) in [7, 11) is 0. The Morgan fingerprint density at radius 3 is 2.94 bits per heavy atom. The molecule has 5 nitrogen and oxygen atoms in total. The van der Waals surface area contributed by atoms with E-state index in [0.717, 1.165) is 15.4 Å². The highest BCUT2D eigenvalue weighted by atomic mass is 79.9. The summed E-state index contributed by atoms with van der Waals surface area (Å²) >= 11 is 3.45. The van der Waals surface area contributed by atoms with Gasteiger partial charge >= 0.3 is 0 Å². The highest BCUT2D eigenvalue weighted by Gasteiger charge is 2.28. The van der Waals surface area contributed by atoms with E-state index in [4.69, 9.17) is 0 Å².